The number of ether oxygens (including phenoxy) is 1. The number of para-hydroxylation sites is 1. The van der Waals surface area contributed by atoms with Crippen LogP contribution in [0.25, 0.3) is 0 Å². The lowest BCUT2D eigenvalue weighted by Crippen LogP contribution is -2.41. The van der Waals surface area contributed by atoms with Crippen molar-refractivity contribution in [3.8, 4) is 5.75 Å². The van der Waals surface area contributed by atoms with Gasteiger partial charge in [-0.3, -0.25) is 4.79 Å². The first kappa shape index (κ1) is 18.8. The summed E-state index contributed by atoms with van der Waals surface area (Å²) in [4.78, 5) is 12.6. The summed E-state index contributed by atoms with van der Waals surface area (Å²) in [6.07, 6.45) is 0. The smallest absolute Gasteiger partial charge is 0.252 e. The van der Waals surface area contributed by atoms with Gasteiger partial charge in [0.15, 0.2) is 0 Å². The van der Waals surface area contributed by atoms with E-state index < -0.39 is 5.54 Å². The van der Waals surface area contributed by atoms with E-state index in [4.69, 9.17) is 10.5 Å². The molecule has 0 spiro atoms. The number of nitrogens with two attached hydrogens (primary N) is 1. The minimum atomic E-state index is -0.569. The van der Waals surface area contributed by atoms with Gasteiger partial charge in [-0.2, -0.15) is 0 Å². The van der Waals surface area contributed by atoms with E-state index >= 15 is 0 Å². The van der Waals surface area contributed by atoms with Crippen LogP contribution in [0.15, 0.2) is 42.5 Å². The molecule has 0 unspecified atom stereocenters. The molecule has 0 aromatic heterocycles. The van der Waals surface area contributed by atoms with Crippen LogP contribution < -0.4 is 15.8 Å². The number of anilines is 1. The third-order valence-corrected chi connectivity index (χ3v) is 3.71. The van der Waals surface area contributed by atoms with E-state index in [0.717, 1.165) is 16.9 Å². The van der Waals surface area contributed by atoms with Crippen molar-refractivity contribution in [3.63, 3.8) is 0 Å². The highest BCUT2D eigenvalue weighted by Crippen LogP contribution is 2.29. The van der Waals surface area contributed by atoms with E-state index in [0.29, 0.717) is 11.3 Å². The summed E-state index contributed by atoms with van der Waals surface area (Å²) in [6, 6.07) is 13.0. The number of methoxy groups -OCH3 is 1. The second-order valence-electron chi connectivity index (χ2n) is 5.85. The average molecular weight is 335 g/mol. The standard InChI is InChI=1S/C18H22N2O2.ClH/c1-12-9-10-13(19)11-14(12)17(21)20-18(2,3)15-7-5-6-8-16(15)22-4;/h5-11H,19H2,1-4H3,(H,20,21);1H. The van der Waals surface area contributed by atoms with E-state index in [2.05, 4.69) is 5.32 Å². The summed E-state index contributed by atoms with van der Waals surface area (Å²) in [7, 11) is 1.62. The number of halogens is 1. The van der Waals surface area contributed by atoms with Crippen LogP contribution in [-0.2, 0) is 5.54 Å². The molecule has 2 rings (SSSR count). The number of nitrogens with one attached hydrogen (secondary N) is 1. The van der Waals surface area contributed by atoms with E-state index in [1.54, 1.807) is 19.2 Å². The number of amides is 1. The number of hydrogen-bond donors (Lipinski definition) is 2. The molecule has 0 radical (unpaired) electrons. The van der Waals surface area contributed by atoms with Crippen molar-refractivity contribution in [2.75, 3.05) is 12.8 Å². The molecule has 0 heterocycles. The van der Waals surface area contributed by atoms with Gasteiger partial charge in [0.05, 0.1) is 12.6 Å². The van der Waals surface area contributed by atoms with Gasteiger partial charge in [-0.25, -0.2) is 0 Å². The lowest BCUT2D eigenvalue weighted by atomic mass is 9.92. The molecule has 0 aliphatic rings. The highest BCUT2D eigenvalue weighted by molar-refractivity contribution is 5.97. The average Bonchev–Trinajstić information content (AvgIpc) is 2.49. The molecular formula is C18H23ClN2O2. The van der Waals surface area contributed by atoms with Crippen molar-refractivity contribution in [2.45, 2.75) is 26.3 Å². The minimum absolute atomic E-state index is 0. The second kappa shape index (κ2) is 7.38. The first-order chi connectivity index (χ1) is 10.3. The molecule has 0 saturated carbocycles. The molecule has 0 saturated heterocycles. The summed E-state index contributed by atoms with van der Waals surface area (Å²) in [5, 5.41) is 3.06. The van der Waals surface area contributed by atoms with Crippen LogP contribution in [0.4, 0.5) is 5.69 Å². The lowest BCUT2D eigenvalue weighted by Gasteiger charge is -2.29. The van der Waals surface area contributed by atoms with Crippen LogP contribution in [0.5, 0.6) is 5.75 Å². The fourth-order valence-electron chi connectivity index (χ4n) is 2.46. The fourth-order valence-corrected chi connectivity index (χ4v) is 2.46. The summed E-state index contributed by atoms with van der Waals surface area (Å²) >= 11 is 0. The molecule has 0 aliphatic heterocycles. The molecule has 5 heteroatoms. The van der Waals surface area contributed by atoms with Crippen LogP contribution >= 0.6 is 12.4 Å². The Morgan fingerprint density at radius 2 is 1.83 bits per heavy atom. The van der Waals surface area contributed by atoms with Crippen LogP contribution in [0, 0.1) is 6.92 Å². The quantitative estimate of drug-likeness (QED) is 0.838. The minimum Gasteiger partial charge on any atom is -0.496 e. The summed E-state index contributed by atoms with van der Waals surface area (Å²) in [6.45, 7) is 5.79. The third-order valence-electron chi connectivity index (χ3n) is 3.71. The van der Waals surface area contributed by atoms with Gasteiger partial charge in [-0.15, -0.1) is 12.4 Å². The highest BCUT2D eigenvalue weighted by Gasteiger charge is 2.27. The predicted molar refractivity (Wildman–Crippen MR) is 96.3 cm³/mol. The second-order valence-corrected chi connectivity index (χ2v) is 5.85. The zero-order valence-corrected chi connectivity index (χ0v) is 14.7. The normalized spacial score (nSPS) is 10.6. The monoisotopic (exact) mass is 334 g/mol. The lowest BCUT2D eigenvalue weighted by molar-refractivity contribution is 0.0910. The van der Waals surface area contributed by atoms with E-state index in [1.165, 1.54) is 0 Å². The molecule has 2 aromatic rings. The first-order valence-corrected chi connectivity index (χ1v) is 7.17. The maximum atomic E-state index is 12.6. The number of nitrogen functional groups attached to an aromatic ring is 1. The van der Waals surface area contributed by atoms with Crippen molar-refractivity contribution >= 4 is 24.0 Å². The molecule has 3 N–H and O–H groups in total. The number of aryl methyl sites for hydroxylation is 1. The van der Waals surface area contributed by atoms with Crippen LogP contribution in [0.2, 0.25) is 0 Å². The van der Waals surface area contributed by atoms with Crippen LogP contribution in [-0.4, -0.2) is 13.0 Å². The zero-order chi connectivity index (χ0) is 16.3. The van der Waals surface area contributed by atoms with Gasteiger partial charge in [0.2, 0.25) is 0 Å². The first-order valence-electron chi connectivity index (χ1n) is 7.17. The fraction of sp³-hybridized carbons (Fsp3) is 0.278. The number of hydrogen-bond acceptors (Lipinski definition) is 3. The van der Waals surface area contributed by atoms with Gasteiger partial charge in [0.25, 0.3) is 5.91 Å². The van der Waals surface area contributed by atoms with E-state index in [1.807, 2.05) is 51.1 Å². The number of benzene rings is 2. The van der Waals surface area contributed by atoms with Crippen LogP contribution in [0.3, 0.4) is 0 Å². The summed E-state index contributed by atoms with van der Waals surface area (Å²) in [5.74, 6) is 0.595. The Bertz CT molecular complexity index is 699. The van der Waals surface area contributed by atoms with Gasteiger partial charge in [-0.1, -0.05) is 24.3 Å². The molecule has 0 bridgehead atoms. The number of carbonyl (C=O) groups is 1. The molecule has 124 valence electrons. The van der Waals surface area contributed by atoms with E-state index in [-0.39, 0.29) is 18.3 Å². The van der Waals surface area contributed by atoms with Gasteiger partial charge >= 0.3 is 0 Å². The Kier molecular flexibility index (Phi) is 6.05. The van der Waals surface area contributed by atoms with Crippen molar-refractivity contribution in [1.82, 2.24) is 5.32 Å². The molecular weight excluding hydrogens is 312 g/mol. The maximum Gasteiger partial charge on any atom is 0.252 e. The molecule has 0 aliphatic carbocycles. The Hall–Kier alpha value is -2.20. The number of rotatable bonds is 4. The number of carbonyl (C=O) groups excluding carboxylic acids is 1. The van der Waals surface area contributed by atoms with Gasteiger partial charge in [-0.05, 0) is 44.5 Å². The highest BCUT2D eigenvalue weighted by atomic mass is 35.5. The Morgan fingerprint density at radius 1 is 1.17 bits per heavy atom. The topological polar surface area (TPSA) is 64.3 Å². The SMILES string of the molecule is COc1ccccc1C(C)(C)NC(=O)c1cc(N)ccc1C.Cl. The molecule has 0 fully saturated rings. The maximum absolute atomic E-state index is 12.6. The Balaban J connectivity index is 0.00000264. The molecule has 2 aromatic carbocycles. The van der Waals surface area contributed by atoms with Crippen LogP contribution in [0.1, 0.15) is 35.3 Å². The Morgan fingerprint density at radius 3 is 2.48 bits per heavy atom. The van der Waals surface area contributed by atoms with Gasteiger partial charge < -0.3 is 15.8 Å². The molecule has 23 heavy (non-hydrogen) atoms. The summed E-state index contributed by atoms with van der Waals surface area (Å²) in [5.41, 5.74) is 8.19. The van der Waals surface area contributed by atoms with Crippen molar-refractivity contribution < 1.29 is 9.53 Å². The molecule has 4 nitrogen and oxygen atoms in total. The molecule has 0 atom stereocenters. The van der Waals surface area contributed by atoms with Gasteiger partial charge in [0, 0.05) is 16.8 Å². The Labute approximate surface area is 143 Å². The van der Waals surface area contributed by atoms with Crippen molar-refractivity contribution in [2.24, 2.45) is 0 Å². The zero-order valence-electron chi connectivity index (χ0n) is 13.8. The van der Waals surface area contributed by atoms with Gasteiger partial charge in [0.1, 0.15) is 5.75 Å². The predicted octanol–water partition coefficient (Wildman–Crippen LogP) is 3.67. The third kappa shape index (κ3) is 4.17. The van der Waals surface area contributed by atoms with Crippen molar-refractivity contribution in [3.05, 3.63) is 59.2 Å². The molecule has 1 amide bonds. The largest absolute Gasteiger partial charge is 0.496 e. The van der Waals surface area contributed by atoms with E-state index in [9.17, 15) is 4.79 Å². The van der Waals surface area contributed by atoms with Crippen molar-refractivity contribution in [1.29, 1.82) is 0 Å². The summed E-state index contributed by atoms with van der Waals surface area (Å²) < 4.78 is 5.39.